The van der Waals surface area contributed by atoms with E-state index in [-0.39, 0.29) is 6.04 Å². The number of primary amides is 1. The van der Waals surface area contributed by atoms with Crippen LogP contribution in [0.4, 0.5) is 10.5 Å². The monoisotopic (exact) mass is 270 g/mol. The Bertz CT molecular complexity index is 617. The minimum Gasteiger partial charge on any atom is -0.351 e. The van der Waals surface area contributed by atoms with E-state index in [4.69, 9.17) is 5.73 Å². The molecule has 1 saturated heterocycles. The first-order valence-electron chi connectivity index (χ1n) is 6.89. The number of aromatic nitrogens is 1. The maximum absolute atomic E-state index is 11.9. The van der Waals surface area contributed by atoms with E-state index >= 15 is 0 Å². The van der Waals surface area contributed by atoms with Gasteiger partial charge in [-0.15, -0.1) is 0 Å². The summed E-state index contributed by atoms with van der Waals surface area (Å²) in [6.45, 7) is 1.78. The van der Waals surface area contributed by atoms with Crippen LogP contribution in [0.3, 0.4) is 0 Å². The Morgan fingerprint density at radius 1 is 1.40 bits per heavy atom. The van der Waals surface area contributed by atoms with Crippen LogP contribution in [0.25, 0.3) is 10.8 Å². The lowest BCUT2D eigenvalue weighted by Gasteiger charge is -2.34. The molecule has 2 heterocycles. The number of nitrogens with two attached hydrogens (primary N) is 1. The maximum atomic E-state index is 11.9. The second-order valence-electron chi connectivity index (χ2n) is 5.08. The number of hydrogen-bond donors (Lipinski definition) is 2. The number of rotatable bonds is 2. The van der Waals surface area contributed by atoms with E-state index in [1.807, 2.05) is 24.3 Å². The Labute approximate surface area is 117 Å². The summed E-state index contributed by atoms with van der Waals surface area (Å²) in [7, 11) is 0. The van der Waals surface area contributed by atoms with Crippen LogP contribution in [0.2, 0.25) is 0 Å². The third kappa shape index (κ3) is 2.32. The van der Waals surface area contributed by atoms with Crippen molar-refractivity contribution in [1.82, 2.24) is 10.3 Å². The summed E-state index contributed by atoms with van der Waals surface area (Å²) in [5.74, 6) is 0. The van der Waals surface area contributed by atoms with Crippen molar-refractivity contribution in [3.05, 3.63) is 36.7 Å². The highest BCUT2D eigenvalue weighted by atomic mass is 16.2. The number of hydrogen-bond acceptors (Lipinski definition) is 3. The van der Waals surface area contributed by atoms with Crippen LogP contribution in [0.1, 0.15) is 12.8 Å². The zero-order chi connectivity index (χ0) is 13.9. The van der Waals surface area contributed by atoms with Crippen molar-refractivity contribution in [1.29, 1.82) is 0 Å². The second kappa shape index (κ2) is 5.46. The number of benzene rings is 1. The highest BCUT2D eigenvalue weighted by Gasteiger charge is 2.26. The predicted molar refractivity (Wildman–Crippen MR) is 79.7 cm³/mol. The van der Waals surface area contributed by atoms with E-state index in [2.05, 4.69) is 10.3 Å². The molecule has 1 aromatic heterocycles. The summed E-state index contributed by atoms with van der Waals surface area (Å²) in [6.07, 6.45) is 5.57. The quantitative estimate of drug-likeness (QED) is 0.875. The van der Waals surface area contributed by atoms with Crippen LogP contribution in [-0.2, 0) is 0 Å². The van der Waals surface area contributed by atoms with E-state index < -0.39 is 6.03 Å². The van der Waals surface area contributed by atoms with Gasteiger partial charge in [0.25, 0.3) is 0 Å². The minimum atomic E-state index is -0.400. The van der Waals surface area contributed by atoms with Gasteiger partial charge >= 0.3 is 6.03 Å². The molecule has 2 amide bonds. The average molecular weight is 270 g/mol. The van der Waals surface area contributed by atoms with Crippen molar-refractivity contribution in [2.24, 2.45) is 5.73 Å². The van der Waals surface area contributed by atoms with E-state index in [0.717, 1.165) is 42.4 Å². The summed E-state index contributed by atoms with van der Waals surface area (Å²) < 4.78 is 0. The molecule has 3 rings (SSSR count). The molecule has 0 bridgehead atoms. The third-order valence-corrected chi connectivity index (χ3v) is 3.79. The minimum absolute atomic E-state index is 0.111. The molecule has 5 nitrogen and oxygen atoms in total. The van der Waals surface area contributed by atoms with Gasteiger partial charge in [-0.05, 0) is 31.5 Å². The van der Waals surface area contributed by atoms with Crippen molar-refractivity contribution < 1.29 is 4.79 Å². The summed E-state index contributed by atoms with van der Waals surface area (Å²) in [6, 6.07) is 7.51. The molecule has 1 atom stereocenters. The van der Waals surface area contributed by atoms with Gasteiger partial charge < -0.3 is 11.1 Å². The number of amides is 2. The van der Waals surface area contributed by atoms with Crippen molar-refractivity contribution in [2.45, 2.75) is 18.9 Å². The standard InChI is InChI=1S/C15H18N4O/c16-15(20)19(12-4-2-7-17-10-12)14-5-1-3-11-9-18-8-6-13(11)14/h1,3,5-6,8-9,12,17H,2,4,7,10H2,(H2,16,20). The van der Waals surface area contributed by atoms with Crippen molar-refractivity contribution in [3.63, 3.8) is 0 Å². The number of carbonyl (C=O) groups excluding carboxylic acids is 1. The molecule has 0 saturated carbocycles. The van der Waals surface area contributed by atoms with Crippen LogP contribution in [0.5, 0.6) is 0 Å². The molecule has 1 aliphatic heterocycles. The number of nitrogens with one attached hydrogen (secondary N) is 1. The van der Waals surface area contributed by atoms with Crippen molar-refractivity contribution in [3.8, 4) is 0 Å². The molecule has 104 valence electrons. The lowest BCUT2D eigenvalue weighted by Crippen LogP contribution is -2.51. The molecule has 1 unspecified atom stereocenters. The topological polar surface area (TPSA) is 71.2 Å². The molecule has 1 aromatic carbocycles. The number of piperidine rings is 1. The maximum Gasteiger partial charge on any atom is 0.319 e. The van der Waals surface area contributed by atoms with Crippen LogP contribution >= 0.6 is 0 Å². The Kier molecular flexibility index (Phi) is 3.52. The number of fused-ring (bicyclic) bond motifs is 1. The van der Waals surface area contributed by atoms with Crippen molar-refractivity contribution >= 4 is 22.5 Å². The van der Waals surface area contributed by atoms with Gasteiger partial charge in [0.15, 0.2) is 0 Å². The molecule has 0 aliphatic carbocycles. The largest absolute Gasteiger partial charge is 0.351 e. The van der Waals surface area contributed by atoms with Gasteiger partial charge in [-0.3, -0.25) is 9.88 Å². The van der Waals surface area contributed by atoms with Crippen LogP contribution < -0.4 is 16.0 Å². The molecule has 3 N–H and O–H groups in total. The lowest BCUT2D eigenvalue weighted by molar-refractivity contribution is 0.250. The normalized spacial score (nSPS) is 18.9. The molecule has 1 fully saturated rings. The summed E-state index contributed by atoms with van der Waals surface area (Å²) in [5.41, 5.74) is 6.50. The zero-order valence-electron chi connectivity index (χ0n) is 11.2. The third-order valence-electron chi connectivity index (χ3n) is 3.79. The van der Waals surface area contributed by atoms with Gasteiger partial charge in [-0.2, -0.15) is 0 Å². The van der Waals surface area contributed by atoms with Gasteiger partial charge in [-0.1, -0.05) is 12.1 Å². The Hall–Kier alpha value is -2.14. The fourth-order valence-electron chi connectivity index (χ4n) is 2.86. The van der Waals surface area contributed by atoms with Gasteiger partial charge in [0.2, 0.25) is 0 Å². The van der Waals surface area contributed by atoms with E-state index in [0.29, 0.717) is 0 Å². The lowest BCUT2D eigenvalue weighted by atomic mass is 10.0. The first-order valence-corrected chi connectivity index (χ1v) is 6.89. The SMILES string of the molecule is NC(=O)N(c1cccc2cnccc12)C1CCCNC1. The molecular weight excluding hydrogens is 252 g/mol. The number of carbonyl (C=O) groups is 1. The highest BCUT2D eigenvalue weighted by molar-refractivity contribution is 6.02. The van der Waals surface area contributed by atoms with Gasteiger partial charge in [0.05, 0.1) is 11.7 Å². The Balaban J connectivity index is 2.07. The fraction of sp³-hybridized carbons (Fsp3) is 0.333. The molecule has 0 spiro atoms. The number of urea groups is 1. The molecule has 20 heavy (non-hydrogen) atoms. The first kappa shape index (κ1) is 12.9. The highest BCUT2D eigenvalue weighted by Crippen LogP contribution is 2.28. The van der Waals surface area contributed by atoms with Gasteiger partial charge in [-0.25, -0.2) is 4.79 Å². The van der Waals surface area contributed by atoms with E-state index in [1.165, 1.54) is 0 Å². The van der Waals surface area contributed by atoms with Gasteiger partial charge in [0, 0.05) is 29.7 Å². The number of nitrogens with zero attached hydrogens (tertiary/aromatic N) is 2. The number of anilines is 1. The Morgan fingerprint density at radius 3 is 3.05 bits per heavy atom. The van der Waals surface area contributed by atoms with Crippen molar-refractivity contribution in [2.75, 3.05) is 18.0 Å². The summed E-state index contributed by atoms with van der Waals surface area (Å²) in [5, 5.41) is 5.35. The second-order valence-corrected chi connectivity index (χ2v) is 5.08. The zero-order valence-corrected chi connectivity index (χ0v) is 11.2. The average Bonchev–Trinajstić information content (AvgIpc) is 2.48. The van der Waals surface area contributed by atoms with E-state index in [9.17, 15) is 4.79 Å². The molecule has 0 radical (unpaired) electrons. The van der Waals surface area contributed by atoms with Gasteiger partial charge in [0.1, 0.15) is 0 Å². The molecular formula is C15H18N4O. The van der Waals surface area contributed by atoms with Crippen LogP contribution in [0, 0.1) is 0 Å². The molecule has 1 aliphatic rings. The fourth-order valence-corrected chi connectivity index (χ4v) is 2.86. The summed E-state index contributed by atoms with van der Waals surface area (Å²) >= 11 is 0. The molecule has 5 heteroatoms. The van der Waals surface area contributed by atoms with Crippen LogP contribution in [-0.4, -0.2) is 30.1 Å². The first-order chi connectivity index (χ1) is 9.77. The van der Waals surface area contributed by atoms with E-state index in [1.54, 1.807) is 17.3 Å². The molecule has 2 aromatic rings. The number of pyridine rings is 1. The Morgan fingerprint density at radius 2 is 2.30 bits per heavy atom. The smallest absolute Gasteiger partial charge is 0.319 e. The van der Waals surface area contributed by atoms with Crippen LogP contribution in [0.15, 0.2) is 36.7 Å². The predicted octanol–water partition coefficient (Wildman–Crippen LogP) is 1.87. The summed E-state index contributed by atoms with van der Waals surface area (Å²) in [4.78, 5) is 17.8.